The molecule has 176 valence electrons. The molecule has 0 saturated carbocycles. The van der Waals surface area contributed by atoms with Crippen LogP contribution in [0.3, 0.4) is 0 Å². The van der Waals surface area contributed by atoms with E-state index in [1.54, 1.807) is 23.1 Å². The summed E-state index contributed by atoms with van der Waals surface area (Å²) in [5.74, 6) is 0.758. The quantitative estimate of drug-likeness (QED) is 0.385. The predicted molar refractivity (Wildman–Crippen MR) is 126 cm³/mol. The van der Waals surface area contributed by atoms with Crippen LogP contribution in [0.4, 0.5) is 18.0 Å². The second kappa shape index (κ2) is 9.44. The standard InChI is InChI=1S/C21H18Cl3F3N4OS/c1-2-6-28-20(32)30-7-8-33-19(30)16-17-14(24)9-11(21(25,26)27)10-31(17)18(29-16)15-12(22)4-3-5-13(15)23/h3-5,9-10,19H,2,6-8H2,1H3,(H,28,32)/t19-/m1/s1. The second-order valence-electron chi connectivity index (χ2n) is 7.36. The van der Waals surface area contributed by atoms with Crippen molar-refractivity contribution in [3.05, 3.63) is 56.8 Å². The molecular weight excluding hydrogens is 520 g/mol. The fourth-order valence-electron chi connectivity index (χ4n) is 3.65. The minimum Gasteiger partial charge on any atom is -0.338 e. The lowest BCUT2D eigenvalue weighted by molar-refractivity contribution is -0.137. The first kappa shape index (κ1) is 24.3. The maximum absolute atomic E-state index is 13.6. The topological polar surface area (TPSA) is 49.6 Å². The molecule has 33 heavy (non-hydrogen) atoms. The number of aromatic nitrogens is 2. The Labute approximate surface area is 207 Å². The molecule has 1 N–H and O–H groups in total. The normalized spacial score (nSPS) is 16.6. The Morgan fingerprint density at radius 3 is 2.58 bits per heavy atom. The number of hydrogen-bond acceptors (Lipinski definition) is 3. The summed E-state index contributed by atoms with van der Waals surface area (Å²) in [6, 6.07) is 5.38. The van der Waals surface area contributed by atoms with Gasteiger partial charge in [0.2, 0.25) is 0 Å². The number of alkyl halides is 3. The average Bonchev–Trinajstić information content (AvgIpc) is 3.36. The summed E-state index contributed by atoms with van der Waals surface area (Å²) in [5.41, 5.74) is -0.0235. The lowest BCUT2D eigenvalue weighted by Gasteiger charge is -2.23. The molecule has 2 amide bonds. The number of carbonyl (C=O) groups excluding carboxylic acids is 1. The Balaban J connectivity index is 1.95. The van der Waals surface area contributed by atoms with E-state index < -0.39 is 17.1 Å². The van der Waals surface area contributed by atoms with Gasteiger partial charge in [-0.25, -0.2) is 9.78 Å². The van der Waals surface area contributed by atoms with Crippen LogP contribution in [-0.4, -0.2) is 39.2 Å². The molecule has 1 atom stereocenters. The zero-order valence-corrected chi connectivity index (χ0v) is 20.3. The van der Waals surface area contributed by atoms with Crippen molar-refractivity contribution in [2.75, 3.05) is 18.8 Å². The molecule has 0 spiro atoms. The van der Waals surface area contributed by atoms with Crippen LogP contribution < -0.4 is 5.32 Å². The number of halogens is 6. The first-order valence-corrected chi connectivity index (χ1v) is 12.2. The van der Waals surface area contributed by atoms with Crippen LogP contribution in [0.15, 0.2) is 30.5 Å². The molecule has 1 aliphatic rings. The number of imidazole rings is 1. The molecule has 12 heteroatoms. The van der Waals surface area contributed by atoms with Crippen LogP contribution in [0.2, 0.25) is 15.1 Å². The fraction of sp³-hybridized carbons (Fsp3) is 0.333. The van der Waals surface area contributed by atoms with Crippen molar-refractivity contribution in [1.82, 2.24) is 19.6 Å². The van der Waals surface area contributed by atoms with E-state index in [0.717, 1.165) is 18.7 Å². The second-order valence-corrected chi connectivity index (χ2v) is 9.77. The number of benzene rings is 1. The van der Waals surface area contributed by atoms with Gasteiger partial charge in [-0.3, -0.25) is 4.40 Å². The van der Waals surface area contributed by atoms with E-state index in [1.807, 2.05) is 6.92 Å². The van der Waals surface area contributed by atoms with Crippen molar-refractivity contribution in [3.63, 3.8) is 0 Å². The fourth-order valence-corrected chi connectivity index (χ4v) is 5.75. The first-order valence-electron chi connectivity index (χ1n) is 10.0. The molecule has 2 aromatic heterocycles. The highest BCUT2D eigenvalue weighted by molar-refractivity contribution is 7.99. The van der Waals surface area contributed by atoms with Gasteiger partial charge in [0.1, 0.15) is 16.9 Å². The van der Waals surface area contributed by atoms with Crippen molar-refractivity contribution < 1.29 is 18.0 Å². The molecule has 4 rings (SSSR count). The Morgan fingerprint density at radius 2 is 1.94 bits per heavy atom. The van der Waals surface area contributed by atoms with E-state index in [2.05, 4.69) is 10.3 Å². The number of pyridine rings is 1. The van der Waals surface area contributed by atoms with Crippen molar-refractivity contribution in [2.45, 2.75) is 24.9 Å². The molecule has 3 aromatic rings. The molecular formula is C21H18Cl3F3N4OS. The van der Waals surface area contributed by atoms with Crippen LogP contribution in [0.5, 0.6) is 0 Å². The summed E-state index contributed by atoms with van der Waals surface area (Å²) >= 11 is 20.6. The Bertz CT molecular complexity index is 1200. The maximum Gasteiger partial charge on any atom is 0.417 e. The summed E-state index contributed by atoms with van der Waals surface area (Å²) in [7, 11) is 0. The van der Waals surface area contributed by atoms with Crippen LogP contribution in [0, 0.1) is 0 Å². The summed E-state index contributed by atoms with van der Waals surface area (Å²) < 4.78 is 42.0. The van der Waals surface area contributed by atoms with Crippen molar-refractivity contribution >= 4 is 58.1 Å². The highest BCUT2D eigenvalue weighted by Gasteiger charge is 2.37. The highest BCUT2D eigenvalue weighted by atomic mass is 35.5. The zero-order valence-electron chi connectivity index (χ0n) is 17.2. The molecule has 3 heterocycles. The third kappa shape index (κ3) is 4.60. The first-order chi connectivity index (χ1) is 15.6. The largest absolute Gasteiger partial charge is 0.417 e. The number of nitrogens with zero attached hydrogens (tertiary/aromatic N) is 3. The van der Waals surface area contributed by atoms with E-state index in [-0.39, 0.29) is 38.0 Å². The van der Waals surface area contributed by atoms with Gasteiger partial charge in [0.25, 0.3) is 0 Å². The van der Waals surface area contributed by atoms with Gasteiger partial charge in [0, 0.05) is 25.0 Å². The Morgan fingerprint density at radius 1 is 1.24 bits per heavy atom. The maximum atomic E-state index is 13.6. The van der Waals surface area contributed by atoms with Crippen LogP contribution in [0.1, 0.15) is 30.0 Å². The van der Waals surface area contributed by atoms with Gasteiger partial charge in [-0.2, -0.15) is 13.2 Å². The predicted octanol–water partition coefficient (Wildman–Crippen LogP) is 7.15. The van der Waals surface area contributed by atoms with Gasteiger partial charge in [-0.1, -0.05) is 47.8 Å². The van der Waals surface area contributed by atoms with Crippen molar-refractivity contribution in [3.8, 4) is 11.4 Å². The van der Waals surface area contributed by atoms with Crippen LogP contribution in [-0.2, 0) is 6.18 Å². The average molecular weight is 538 g/mol. The number of urea groups is 1. The number of amides is 2. The summed E-state index contributed by atoms with van der Waals surface area (Å²) in [6.45, 7) is 2.91. The lowest BCUT2D eigenvalue weighted by atomic mass is 10.2. The molecule has 0 unspecified atom stereocenters. The smallest absolute Gasteiger partial charge is 0.338 e. The van der Waals surface area contributed by atoms with Crippen molar-refractivity contribution in [2.24, 2.45) is 0 Å². The number of nitrogens with one attached hydrogen (secondary N) is 1. The molecule has 0 radical (unpaired) electrons. The van der Waals surface area contributed by atoms with Crippen molar-refractivity contribution in [1.29, 1.82) is 0 Å². The van der Waals surface area contributed by atoms with Gasteiger partial charge in [-0.15, -0.1) is 11.8 Å². The summed E-state index contributed by atoms with van der Waals surface area (Å²) in [6.07, 6.45) is -2.93. The SMILES string of the molecule is CCCNC(=O)N1CCS[C@@H]1c1nc(-c2c(Cl)cccc2Cl)n2cc(C(F)(F)F)cc(Cl)c12. The van der Waals surface area contributed by atoms with E-state index in [9.17, 15) is 18.0 Å². The monoisotopic (exact) mass is 536 g/mol. The molecule has 5 nitrogen and oxygen atoms in total. The number of rotatable bonds is 4. The third-order valence-electron chi connectivity index (χ3n) is 5.14. The Hall–Kier alpha value is -1.81. The number of thioether (sulfide) groups is 1. The van der Waals surface area contributed by atoms with E-state index in [0.29, 0.717) is 24.5 Å². The van der Waals surface area contributed by atoms with Gasteiger partial charge in [0.15, 0.2) is 0 Å². The lowest BCUT2D eigenvalue weighted by Crippen LogP contribution is -2.39. The Kier molecular flexibility index (Phi) is 6.96. The number of fused-ring (bicyclic) bond motifs is 1. The third-order valence-corrected chi connectivity index (χ3v) is 7.27. The minimum atomic E-state index is -4.63. The number of hydrogen-bond donors (Lipinski definition) is 1. The van der Waals surface area contributed by atoms with Gasteiger partial charge in [0.05, 0.1) is 31.7 Å². The zero-order chi connectivity index (χ0) is 23.9. The molecule has 1 aromatic carbocycles. The van der Waals surface area contributed by atoms with Crippen LogP contribution >= 0.6 is 46.6 Å². The molecule has 1 saturated heterocycles. The van der Waals surface area contributed by atoms with Gasteiger partial charge < -0.3 is 10.2 Å². The van der Waals surface area contributed by atoms with Crippen LogP contribution in [0.25, 0.3) is 16.9 Å². The molecule has 1 fully saturated rings. The summed E-state index contributed by atoms with van der Waals surface area (Å²) in [5, 5.41) is 2.62. The molecule has 0 aliphatic carbocycles. The summed E-state index contributed by atoms with van der Waals surface area (Å²) in [4.78, 5) is 19.0. The molecule has 0 bridgehead atoms. The van der Waals surface area contributed by atoms with Gasteiger partial charge >= 0.3 is 12.2 Å². The molecule has 1 aliphatic heterocycles. The van der Waals surface area contributed by atoms with E-state index in [4.69, 9.17) is 34.8 Å². The highest BCUT2D eigenvalue weighted by Crippen LogP contribution is 2.45. The van der Waals surface area contributed by atoms with E-state index >= 15 is 0 Å². The van der Waals surface area contributed by atoms with E-state index in [1.165, 1.54) is 16.2 Å². The minimum absolute atomic E-state index is 0.116. The number of carbonyl (C=O) groups is 1. The van der Waals surface area contributed by atoms with Gasteiger partial charge in [-0.05, 0) is 24.6 Å².